The quantitative estimate of drug-likeness (QED) is 0.773. The smallest absolute Gasteiger partial charge is 0.227 e. The SMILES string of the molecule is COc1ccc([C@H](C)NC(=O)[C@H]2CC(=O)N(c3ccc(F)c(Cl)c3)C2)cc1OC. The van der Waals surface area contributed by atoms with Crippen LogP contribution >= 0.6 is 11.6 Å². The summed E-state index contributed by atoms with van der Waals surface area (Å²) in [7, 11) is 3.10. The molecule has 2 aromatic carbocycles. The summed E-state index contributed by atoms with van der Waals surface area (Å²) in [6.45, 7) is 2.07. The van der Waals surface area contributed by atoms with E-state index in [1.54, 1.807) is 26.4 Å². The molecule has 0 unspecified atom stereocenters. The fraction of sp³-hybridized carbons (Fsp3) is 0.333. The molecule has 0 aliphatic carbocycles. The summed E-state index contributed by atoms with van der Waals surface area (Å²) in [4.78, 5) is 26.5. The number of methoxy groups -OCH3 is 2. The fourth-order valence-electron chi connectivity index (χ4n) is 3.32. The number of ether oxygens (including phenoxy) is 2. The Morgan fingerprint density at radius 2 is 1.93 bits per heavy atom. The molecule has 2 atom stereocenters. The van der Waals surface area contributed by atoms with Gasteiger partial charge in [0, 0.05) is 18.7 Å². The van der Waals surface area contributed by atoms with Crippen molar-refractivity contribution in [2.75, 3.05) is 25.7 Å². The molecule has 0 radical (unpaired) electrons. The first-order valence-corrected chi connectivity index (χ1v) is 9.49. The Kier molecular flexibility index (Phi) is 6.27. The summed E-state index contributed by atoms with van der Waals surface area (Å²) < 4.78 is 23.9. The van der Waals surface area contributed by atoms with Crippen LogP contribution < -0.4 is 19.7 Å². The van der Waals surface area contributed by atoms with Gasteiger partial charge in [0.25, 0.3) is 0 Å². The van der Waals surface area contributed by atoms with Crippen molar-refractivity contribution in [2.45, 2.75) is 19.4 Å². The number of benzene rings is 2. The van der Waals surface area contributed by atoms with Crippen molar-refractivity contribution in [1.82, 2.24) is 5.32 Å². The van der Waals surface area contributed by atoms with E-state index in [-0.39, 0.29) is 35.8 Å². The number of anilines is 1. The number of nitrogens with one attached hydrogen (secondary N) is 1. The van der Waals surface area contributed by atoms with E-state index in [9.17, 15) is 14.0 Å². The van der Waals surface area contributed by atoms with Crippen LogP contribution in [0, 0.1) is 11.7 Å². The van der Waals surface area contributed by atoms with E-state index in [0.717, 1.165) is 5.56 Å². The Bertz CT molecular complexity index is 937. The molecular formula is C21H22ClFN2O4. The predicted molar refractivity (Wildman–Crippen MR) is 108 cm³/mol. The standard InChI is InChI=1S/C21H22ClFN2O4/c1-12(13-4-7-18(28-2)19(8-13)29-3)24-21(27)14-9-20(26)25(11-14)15-5-6-17(23)16(22)10-15/h4-8,10,12,14H,9,11H2,1-3H3,(H,24,27)/t12-,14-/m0/s1. The lowest BCUT2D eigenvalue weighted by Gasteiger charge is -2.20. The fourth-order valence-corrected chi connectivity index (χ4v) is 3.50. The molecule has 2 aromatic rings. The molecule has 154 valence electrons. The molecule has 0 spiro atoms. The summed E-state index contributed by atoms with van der Waals surface area (Å²) in [5, 5.41) is 2.88. The van der Waals surface area contributed by atoms with Crippen LogP contribution in [0.5, 0.6) is 11.5 Å². The van der Waals surface area contributed by atoms with Crippen molar-refractivity contribution >= 4 is 29.1 Å². The third kappa shape index (κ3) is 4.45. The van der Waals surface area contributed by atoms with Crippen LogP contribution in [0.2, 0.25) is 5.02 Å². The molecule has 0 saturated carbocycles. The van der Waals surface area contributed by atoms with Gasteiger partial charge in [-0.25, -0.2) is 4.39 Å². The van der Waals surface area contributed by atoms with Gasteiger partial charge in [-0.15, -0.1) is 0 Å². The zero-order valence-corrected chi connectivity index (χ0v) is 17.1. The van der Waals surface area contributed by atoms with Gasteiger partial charge in [0.05, 0.1) is 31.2 Å². The summed E-state index contributed by atoms with van der Waals surface area (Å²) in [5.74, 6) is -0.316. The second-order valence-electron chi connectivity index (χ2n) is 6.85. The van der Waals surface area contributed by atoms with Crippen molar-refractivity contribution in [3.05, 3.63) is 52.8 Å². The lowest BCUT2D eigenvalue weighted by atomic mass is 10.0. The van der Waals surface area contributed by atoms with E-state index < -0.39 is 11.7 Å². The lowest BCUT2D eigenvalue weighted by Crippen LogP contribution is -2.34. The van der Waals surface area contributed by atoms with E-state index in [1.807, 2.05) is 13.0 Å². The maximum atomic E-state index is 13.4. The van der Waals surface area contributed by atoms with Crippen LogP contribution in [0.3, 0.4) is 0 Å². The first kappa shape index (κ1) is 20.9. The van der Waals surface area contributed by atoms with Crippen LogP contribution in [0.25, 0.3) is 0 Å². The lowest BCUT2D eigenvalue weighted by molar-refractivity contribution is -0.126. The highest BCUT2D eigenvalue weighted by Crippen LogP contribution is 2.31. The molecule has 1 aliphatic rings. The minimum atomic E-state index is -0.555. The van der Waals surface area contributed by atoms with Crippen molar-refractivity contribution in [2.24, 2.45) is 5.92 Å². The first-order chi connectivity index (χ1) is 13.8. The Hall–Kier alpha value is -2.80. The Labute approximate surface area is 173 Å². The average Bonchev–Trinajstić information content (AvgIpc) is 3.11. The highest BCUT2D eigenvalue weighted by atomic mass is 35.5. The third-order valence-electron chi connectivity index (χ3n) is 4.98. The van der Waals surface area contributed by atoms with Crippen LogP contribution in [-0.4, -0.2) is 32.6 Å². The van der Waals surface area contributed by atoms with E-state index in [1.165, 1.54) is 23.1 Å². The number of hydrogen-bond donors (Lipinski definition) is 1. The number of halogens is 2. The molecular weight excluding hydrogens is 399 g/mol. The summed E-state index contributed by atoms with van der Waals surface area (Å²) in [6.07, 6.45) is 0.0828. The summed E-state index contributed by atoms with van der Waals surface area (Å²) >= 11 is 5.81. The zero-order valence-electron chi connectivity index (χ0n) is 16.4. The molecule has 1 aliphatic heterocycles. The summed E-state index contributed by atoms with van der Waals surface area (Å²) in [5.41, 5.74) is 1.33. The molecule has 0 bridgehead atoms. The van der Waals surface area contributed by atoms with Crippen molar-refractivity contribution < 1.29 is 23.5 Å². The van der Waals surface area contributed by atoms with E-state index in [2.05, 4.69) is 5.32 Å². The second-order valence-corrected chi connectivity index (χ2v) is 7.26. The van der Waals surface area contributed by atoms with Gasteiger partial charge in [0.1, 0.15) is 5.82 Å². The van der Waals surface area contributed by atoms with Gasteiger partial charge in [0.15, 0.2) is 11.5 Å². The Morgan fingerprint density at radius 3 is 2.59 bits per heavy atom. The molecule has 2 amide bonds. The van der Waals surface area contributed by atoms with E-state index in [0.29, 0.717) is 17.2 Å². The van der Waals surface area contributed by atoms with Crippen LogP contribution in [0.4, 0.5) is 10.1 Å². The minimum Gasteiger partial charge on any atom is -0.493 e. The highest BCUT2D eigenvalue weighted by Gasteiger charge is 2.35. The molecule has 1 heterocycles. The van der Waals surface area contributed by atoms with Crippen molar-refractivity contribution in [1.29, 1.82) is 0 Å². The molecule has 6 nitrogen and oxygen atoms in total. The van der Waals surface area contributed by atoms with Crippen LogP contribution in [0.15, 0.2) is 36.4 Å². The van der Waals surface area contributed by atoms with Crippen molar-refractivity contribution in [3.8, 4) is 11.5 Å². The maximum Gasteiger partial charge on any atom is 0.227 e. The van der Waals surface area contributed by atoms with Gasteiger partial charge in [-0.3, -0.25) is 9.59 Å². The maximum absolute atomic E-state index is 13.4. The highest BCUT2D eigenvalue weighted by molar-refractivity contribution is 6.31. The monoisotopic (exact) mass is 420 g/mol. The molecule has 0 aromatic heterocycles. The van der Waals surface area contributed by atoms with Gasteiger partial charge >= 0.3 is 0 Å². The molecule has 1 saturated heterocycles. The van der Waals surface area contributed by atoms with E-state index >= 15 is 0 Å². The predicted octanol–water partition coefficient (Wildman–Crippen LogP) is 3.73. The van der Waals surface area contributed by atoms with Gasteiger partial charge in [0.2, 0.25) is 11.8 Å². The topological polar surface area (TPSA) is 67.9 Å². The normalized spacial score (nSPS) is 17.2. The average molecular weight is 421 g/mol. The molecule has 1 N–H and O–H groups in total. The van der Waals surface area contributed by atoms with Crippen LogP contribution in [0.1, 0.15) is 24.9 Å². The Balaban J connectivity index is 1.68. The van der Waals surface area contributed by atoms with Gasteiger partial charge in [-0.05, 0) is 42.8 Å². The molecule has 3 rings (SSSR count). The van der Waals surface area contributed by atoms with Crippen molar-refractivity contribution in [3.63, 3.8) is 0 Å². The number of amides is 2. The zero-order chi connectivity index (χ0) is 21.1. The summed E-state index contributed by atoms with van der Waals surface area (Å²) in [6, 6.07) is 9.21. The van der Waals surface area contributed by atoms with Gasteiger partial charge < -0.3 is 19.7 Å². The number of hydrogen-bond acceptors (Lipinski definition) is 4. The third-order valence-corrected chi connectivity index (χ3v) is 5.27. The molecule has 1 fully saturated rings. The molecule has 8 heteroatoms. The minimum absolute atomic E-state index is 0.0646. The van der Waals surface area contributed by atoms with Gasteiger partial charge in [-0.2, -0.15) is 0 Å². The largest absolute Gasteiger partial charge is 0.493 e. The number of rotatable bonds is 6. The van der Waals surface area contributed by atoms with Gasteiger partial charge in [-0.1, -0.05) is 17.7 Å². The number of carbonyl (C=O) groups excluding carboxylic acids is 2. The Morgan fingerprint density at radius 1 is 1.21 bits per heavy atom. The second kappa shape index (κ2) is 8.69. The van der Waals surface area contributed by atoms with E-state index in [4.69, 9.17) is 21.1 Å². The van der Waals surface area contributed by atoms with Crippen LogP contribution in [-0.2, 0) is 9.59 Å². The molecule has 29 heavy (non-hydrogen) atoms. The first-order valence-electron chi connectivity index (χ1n) is 9.11. The number of nitrogens with zero attached hydrogens (tertiary/aromatic N) is 1. The number of carbonyl (C=O) groups is 2.